The van der Waals surface area contributed by atoms with Crippen LogP contribution in [0.3, 0.4) is 0 Å². The van der Waals surface area contributed by atoms with Gasteiger partial charge in [0.15, 0.2) is 0 Å². The van der Waals surface area contributed by atoms with Gasteiger partial charge in [-0.1, -0.05) is 6.92 Å². The Morgan fingerprint density at radius 2 is 2.18 bits per heavy atom. The number of sulfone groups is 1. The van der Waals surface area contributed by atoms with Crippen LogP contribution in [-0.4, -0.2) is 24.9 Å². The lowest BCUT2D eigenvalue weighted by Crippen LogP contribution is -2.15. The van der Waals surface area contributed by atoms with Gasteiger partial charge in [0.25, 0.3) is 0 Å². The molecule has 0 fully saturated rings. The molecule has 0 aliphatic carbocycles. The van der Waals surface area contributed by atoms with Gasteiger partial charge in [0.1, 0.15) is 15.7 Å². The van der Waals surface area contributed by atoms with E-state index < -0.39 is 15.7 Å². The summed E-state index contributed by atoms with van der Waals surface area (Å²) >= 11 is 0. The molecule has 0 amide bonds. The number of nitrogens with zero attached hydrogens (tertiary/aromatic N) is 1. The highest BCUT2D eigenvalue weighted by Gasteiger charge is 2.11. The Labute approximate surface area is 101 Å². The van der Waals surface area contributed by atoms with Crippen LogP contribution in [-0.2, 0) is 9.84 Å². The van der Waals surface area contributed by atoms with Gasteiger partial charge in [0, 0.05) is 11.8 Å². The van der Waals surface area contributed by atoms with Crippen molar-refractivity contribution in [3.05, 3.63) is 29.8 Å². The largest absolute Gasteiger partial charge is 0.323 e. The molecule has 1 atom stereocenters. The molecule has 1 aromatic rings. The zero-order chi connectivity index (χ0) is 12.9. The third-order valence-corrected chi connectivity index (χ3v) is 4.33. The fourth-order valence-electron chi connectivity index (χ4n) is 1.42. The van der Waals surface area contributed by atoms with E-state index in [1.54, 1.807) is 6.92 Å². The maximum absolute atomic E-state index is 12.6. The molecule has 0 saturated carbocycles. The average Bonchev–Trinajstić information content (AvgIpc) is 2.29. The van der Waals surface area contributed by atoms with Crippen molar-refractivity contribution >= 4 is 9.84 Å². The van der Waals surface area contributed by atoms with Crippen LogP contribution in [0.2, 0.25) is 0 Å². The fourth-order valence-corrected chi connectivity index (χ4v) is 2.32. The Morgan fingerprint density at radius 3 is 2.71 bits per heavy atom. The molecule has 2 N–H and O–H groups in total. The average molecular weight is 260 g/mol. The predicted octanol–water partition coefficient (Wildman–Crippen LogP) is 1.44. The Hall–Kier alpha value is -1.01. The molecule has 0 radical (unpaired) electrons. The minimum absolute atomic E-state index is 0.137. The van der Waals surface area contributed by atoms with E-state index in [9.17, 15) is 12.8 Å². The number of aromatic nitrogens is 1. The molecule has 1 aromatic heterocycles. The van der Waals surface area contributed by atoms with Gasteiger partial charge in [-0.05, 0) is 25.0 Å². The molecule has 17 heavy (non-hydrogen) atoms. The number of halogens is 1. The van der Waals surface area contributed by atoms with E-state index >= 15 is 0 Å². The topological polar surface area (TPSA) is 73.0 Å². The summed E-state index contributed by atoms with van der Waals surface area (Å²) < 4.78 is 35.1. The lowest BCUT2D eigenvalue weighted by molar-refractivity contribution is 0.577. The number of hydrogen-bond acceptors (Lipinski definition) is 4. The smallest absolute Gasteiger partial charge is 0.150 e. The van der Waals surface area contributed by atoms with Crippen LogP contribution in [0, 0.1) is 5.82 Å². The lowest BCUT2D eigenvalue weighted by Gasteiger charge is -2.10. The molecule has 0 aromatic carbocycles. The molecule has 1 rings (SSSR count). The highest BCUT2D eigenvalue weighted by molar-refractivity contribution is 7.91. The van der Waals surface area contributed by atoms with Gasteiger partial charge in [0.2, 0.25) is 0 Å². The van der Waals surface area contributed by atoms with E-state index in [4.69, 9.17) is 5.73 Å². The van der Waals surface area contributed by atoms with Crippen molar-refractivity contribution in [2.75, 3.05) is 11.5 Å². The molecule has 0 aliphatic rings. The molecule has 6 heteroatoms. The number of hydrogen-bond donors (Lipinski definition) is 1. The van der Waals surface area contributed by atoms with E-state index in [1.807, 2.05) is 0 Å². The second kappa shape index (κ2) is 6.07. The maximum atomic E-state index is 12.6. The summed E-state index contributed by atoms with van der Waals surface area (Å²) in [6.07, 6.45) is 2.13. The van der Waals surface area contributed by atoms with Gasteiger partial charge in [0.05, 0.1) is 17.6 Å². The van der Waals surface area contributed by atoms with Crippen LogP contribution in [0.25, 0.3) is 0 Å². The van der Waals surface area contributed by atoms with Crippen LogP contribution in [0.4, 0.5) is 4.39 Å². The first-order valence-electron chi connectivity index (χ1n) is 5.52. The van der Waals surface area contributed by atoms with Gasteiger partial charge in [-0.25, -0.2) is 12.8 Å². The Morgan fingerprint density at radius 1 is 1.47 bits per heavy atom. The number of rotatable bonds is 6. The molecular formula is C11H17FN2O2S. The normalized spacial score (nSPS) is 13.6. The Bertz CT molecular complexity index is 445. The number of nitrogens with two attached hydrogens (primary N) is 1. The van der Waals surface area contributed by atoms with Crippen molar-refractivity contribution in [1.82, 2.24) is 4.98 Å². The molecule has 1 unspecified atom stereocenters. The van der Waals surface area contributed by atoms with E-state index in [0.717, 1.165) is 6.20 Å². The first-order valence-corrected chi connectivity index (χ1v) is 7.34. The zero-order valence-corrected chi connectivity index (χ0v) is 10.6. The van der Waals surface area contributed by atoms with Crippen LogP contribution < -0.4 is 5.73 Å². The molecule has 1 heterocycles. The molecule has 0 spiro atoms. The van der Waals surface area contributed by atoms with Crippen LogP contribution >= 0.6 is 0 Å². The molecule has 4 nitrogen and oxygen atoms in total. The van der Waals surface area contributed by atoms with Gasteiger partial charge in [-0.15, -0.1) is 0 Å². The first-order chi connectivity index (χ1) is 7.94. The van der Waals surface area contributed by atoms with E-state index in [-0.39, 0.29) is 17.5 Å². The van der Waals surface area contributed by atoms with Crippen molar-refractivity contribution in [2.24, 2.45) is 5.73 Å². The fraction of sp³-hybridized carbons (Fsp3) is 0.545. The predicted molar refractivity (Wildman–Crippen MR) is 64.7 cm³/mol. The van der Waals surface area contributed by atoms with Crippen molar-refractivity contribution in [2.45, 2.75) is 25.8 Å². The SMILES string of the molecule is CCS(=O)(=O)CCCC(N)c1ccc(F)cn1. The number of pyridine rings is 1. The lowest BCUT2D eigenvalue weighted by atomic mass is 10.1. The molecule has 0 saturated heterocycles. The van der Waals surface area contributed by atoms with Crippen molar-refractivity contribution in [3.63, 3.8) is 0 Å². The van der Waals surface area contributed by atoms with Crippen molar-refractivity contribution in [3.8, 4) is 0 Å². The summed E-state index contributed by atoms with van der Waals surface area (Å²) in [5.74, 6) is -0.121. The van der Waals surface area contributed by atoms with E-state index in [0.29, 0.717) is 18.5 Å². The summed E-state index contributed by atoms with van der Waals surface area (Å²) in [6.45, 7) is 1.62. The highest BCUT2D eigenvalue weighted by atomic mass is 32.2. The summed E-state index contributed by atoms with van der Waals surface area (Å²) in [6, 6.07) is 2.47. The quantitative estimate of drug-likeness (QED) is 0.840. The van der Waals surface area contributed by atoms with E-state index in [2.05, 4.69) is 4.98 Å². The van der Waals surface area contributed by atoms with E-state index in [1.165, 1.54) is 12.1 Å². The minimum Gasteiger partial charge on any atom is -0.323 e. The Kier molecular flexibility index (Phi) is 5.02. The maximum Gasteiger partial charge on any atom is 0.150 e. The minimum atomic E-state index is -2.94. The van der Waals surface area contributed by atoms with Crippen LogP contribution in [0.1, 0.15) is 31.5 Å². The van der Waals surface area contributed by atoms with Crippen molar-refractivity contribution in [1.29, 1.82) is 0 Å². The monoisotopic (exact) mass is 260 g/mol. The molecular weight excluding hydrogens is 243 g/mol. The second-order valence-electron chi connectivity index (χ2n) is 3.89. The Balaban J connectivity index is 2.45. The first kappa shape index (κ1) is 14.1. The second-order valence-corrected chi connectivity index (χ2v) is 6.36. The third-order valence-electron chi connectivity index (χ3n) is 2.54. The van der Waals surface area contributed by atoms with Gasteiger partial charge >= 0.3 is 0 Å². The van der Waals surface area contributed by atoms with Crippen molar-refractivity contribution < 1.29 is 12.8 Å². The summed E-state index contributed by atoms with van der Waals surface area (Å²) in [5.41, 5.74) is 6.42. The summed E-state index contributed by atoms with van der Waals surface area (Å²) in [7, 11) is -2.94. The zero-order valence-electron chi connectivity index (χ0n) is 9.77. The third kappa shape index (κ3) is 4.79. The van der Waals surface area contributed by atoms with Gasteiger partial charge < -0.3 is 5.73 Å². The standard InChI is InChI=1S/C11H17FN2O2S/c1-2-17(15,16)7-3-4-10(13)11-6-5-9(12)8-14-11/h5-6,8,10H,2-4,7,13H2,1H3. The van der Waals surface area contributed by atoms with Crippen LogP contribution in [0.15, 0.2) is 18.3 Å². The van der Waals surface area contributed by atoms with Crippen LogP contribution in [0.5, 0.6) is 0 Å². The summed E-state index contributed by atoms with van der Waals surface area (Å²) in [5, 5.41) is 0. The van der Waals surface area contributed by atoms with Gasteiger partial charge in [-0.2, -0.15) is 0 Å². The highest BCUT2D eigenvalue weighted by Crippen LogP contribution is 2.14. The summed E-state index contributed by atoms with van der Waals surface area (Å²) in [4.78, 5) is 3.86. The molecule has 0 bridgehead atoms. The molecule has 0 aliphatic heterocycles. The molecule has 96 valence electrons. The van der Waals surface area contributed by atoms with Gasteiger partial charge in [-0.3, -0.25) is 4.98 Å².